The first-order valence-electron chi connectivity index (χ1n) is 8.51. The van der Waals surface area contributed by atoms with Crippen molar-refractivity contribution in [2.45, 2.75) is 33.7 Å². The molecule has 0 saturated carbocycles. The molecule has 0 atom stereocenters. The Balaban J connectivity index is 2.02. The lowest BCUT2D eigenvalue weighted by Gasteiger charge is -2.25. The van der Waals surface area contributed by atoms with E-state index in [9.17, 15) is 9.59 Å². The van der Waals surface area contributed by atoms with Crippen LogP contribution < -0.4 is 4.90 Å². The van der Waals surface area contributed by atoms with E-state index in [0.717, 1.165) is 22.4 Å². The molecule has 0 N–H and O–H groups in total. The van der Waals surface area contributed by atoms with Gasteiger partial charge in [-0.15, -0.1) is 0 Å². The second kappa shape index (κ2) is 8.47. The van der Waals surface area contributed by atoms with Crippen molar-refractivity contribution in [3.63, 3.8) is 0 Å². The fraction of sp³-hybridized carbons (Fsp3) is 0.333. The first-order chi connectivity index (χ1) is 11.9. The Morgan fingerprint density at radius 1 is 1.00 bits per heavy atom. The summed E-state index contributed by atoms with van der Waals surface area (Å²) in [6, 6.07) is 15.9. The quantitative estimate of drug-likeness (QED) is 0.806. The molecule has 0 aliphatic carbocycles. The summed E-state index contributed by atoms with van der Waals surface area (Å²) in [6.45, 7) is 6.48. The van der Waals surface area contributed by atoms with Gasteiger partial charge in [0.15, 0.2) is 0 Å². The smallest absolute Gasteiger partial charge is 0.224 e. The van der Waals surface area contributed by atoms with Crippen LogP contribution in [0.4, 0.5) is 5.69 Å². The molecular formula is C21H26N2O2. The summed E-state index contributed by atoms with van der Waals surface area (Å²) in [7, 11) is 1.80. The molecule has 0 unspecified atom stereocenters. The number of nitrogens with zero attached hydrogens (tertiary/aromatic N) is 2. The fourth-order valence-corrected chi connectivity index (χ4v) is 2.80. The molecule has 25 heavy (non-hydrogen) atoms. The number of amides is 2. The van der Waals surface area contributed by atoms with E-state index in [1.165, 1.54) is 0 Å². The zero-order chi connectivity index (χ0) is 18.4. The molecule has 0 heterocycles. The molecule has 132 valence electrons. The molecule has 0 saturated heterocycles. The topological polar surface area (TPSA) is 40.6 Å². The maximum absolute atomic E-state index is 12.4. The predicted molar refractivity (Wildman–Crippen MR) is 101 cm³/mol. The van der Waals surface area contributed by atoms with E-state index >= 15 is 0 Å². The van der Waals surface area contributed by atoms with Crippen molar-refractivity contribution in [1.82, 2.24) is 4.90 Å². The van der Waals surface area contributed by atoms with Gasteiger partial charge in [-0.1, -0.05) is 42.5 Å². The van der Waals surface area contributed by atoms with Gasteiger partial charge in [-0.2, -0.15) is 0 Å². The monoisotopic (exact) mass is 338 g/mol. The molecule has 4 nitrogen and oxygen atoms in total. The molecule has 0 aromatic heterocycles. The molecule has 0 bridgehead atoms. The number of benzene rings is 2. The number of carbonyl (C=O) groups excluding carboxylic acids is 2. The zero-order valence-corrected chi connectivity index (χ0v) is 15.5. The number of anilines is 1. The summed E-state index contributed by atoms with van der Waals surface area (Å²) in [6.07, 6.45) is 0.302. The standard InChI is InChI=1S/C21H26N2O2/c1-16-10-11-17(2)20(14-16)23(18(3)24)13-12-21(25)22(4)15-19-8-6-5-7-9-19/h5-11,14H,12-13,15H2,1-4H3. The first-order valence-corrected chi connectivity index (χ1v) is 8.51. The molecular weight excluding hydrogens is 312 g/mol. The Morgan fingerprint density at radius 2 is 1.68 bits per heavy atom. The predicted octanol–water partition coefficient (Wildman–Crippen LogP) is 3.71. The van der Waals surface area contributed by atoms with Gasteiger partial charge in [0.25, 0.3) is 0 Å². The second-order valence-electron chi connectivity index (χ2n) is 6.45. The third-order valence-corrected chi connectivity index (χ3v) is 4.27. The first kappa shape index (κ1) is 18.7. The SMILES string of the molecule is CC(=O)N(CCC(=O)N(C)Cc1ccccc1)c1cc(C)ccc1C. The van der Waals surface area contributed by atoms with Crippen LogP contribution in [0, 0.1) is 13.8 Å². The average molecular weight is 338 g/mol. The van der Waals surface area contributed by atoms with Gasteiger partial charge in [-0.3, -0.25) is 9.59 Å². The van der Waals surface area contributed by atoms with Crippen molar-refractivity contribution in [3.8, 4) is 0 Å². The van der Waals surface area contributed by atoms with E-state index in [-0.39, 0.29) is 11.8 Å². The van der Waals surface area contributed by atoms with Gasteiger partial charge in [-0.25, -0.2) is 0 Å². The lowest BCUT2D eigenvalue weighted by molar-refractivity contribution is -0.130. The van der Waals surface area contributed by atoms with Gasteiger partial charge in [0, 0.05) is 39.2 Å². The van der Waals surface area contributed by atoms with E-state index in [1.54, 1.807) is 23.8 Å². The molecule has 2 amide bonds. The molecule has 0 aliphatic heterocycles. The Morgan fingerprint density at radius 3 is 2.32 bits per heavy atom. The van der Waals surface area contributed by atoms with Crippen molar-refractivity contribution in [3.05, 3.63) is 65.2 Å². The lowest BCUT2D eigenvalue weighted by atomic mass is 10.1. The highest BCUT2D eigenvalue weighted by atomic mass is 16.2. The lowest BCUT2D eigenvalue weighted by Crippen LogP contribution is -2.35. The highest BCUT2D eigenvalue weighted by molar-refractivity contribution is 5.93. The van der Waals surface area contributed by atoms with Crippen molar-refractivity contribution in [2.24, 2.45) is 0 Å². The Kier molecular flexibility index (Phi) is 6.34. The molecule has 0 radical (unpaired) electrons. The van der Waals surface area contributed by atoms with E-state index in [2.05, 4.69) is 0 Å². The minimum Gasteiger partial charge on any atom is -0.341 e. The van der Waals surface area contributed by atoms with Crippen molar-refractivity contribution >= 4 is 17.5 Å². The summed E-state index contributed by atoms with van der Waals surface area (Å²) in [5.41, 5.74) is 4.10. The van der Waals surface area contributed by atoms with Gasteiger partial charge < -0.3 is 9.80 Å². The normalized spacial score (nSPS) is 10.4. The summed E-state index contributed by atoms with van der Waals surface area (Å²) in [5, 5.41) is 0. The maximum atomic E-state index is 12.4. The molecule has 0 spiro atoms. The Bertz CT molecular complexity index is 741. The van der Waals surface area contributed by atoms with Crippen LogP contribution in [0.2, 0.25) is 0 Å². The molecule has 0 aliphatic rings. The summed E-state index contributed by atoms with van der Waals surface area (Å²) in [4.78, 5) is 27.9. The van der Waals surface area contributed by atoms with Crippen molar-refractivity contribution in [2.75, 3.05) is 18.5 Å². The van der Waals surface area contributed by atoms with Crippen molar-refractivity contribution in [1.29, 1.82) is 0 Å². The minimum absolute atomic E-state index is 0.0282. The summed E-state index contributed by atoms with van der Waals surface area (Å²) < 4.78 is 0. The molecule has 2 aromatic rings. The van der Waals surface area contributed by atoms with Crippen LogP contribution in [0.5, 0.6) is 0 Å². The van der Waals surface area contributed by atoms with Crippen LogP contribution in [-0.2, 0) is 16.1 Å². The molecule has 4 heteroatoms. The number of rotatable bonds is 6. The van der Waals surface area contributed by atoms with E-state index in [0.29, 0.717) is 19.5 Å². The van der Waals surface area contributed by atoms with E-state index < -0.39 is 0 Å². The van der Waals surface area contributed by atoms with E-state index in [1.807, 2.05) is 62.4 Å². The van der Waals surface area contributed by atoms with Crippen molar-refractivity contribution < 1.29 is 9.59 Å². The summed E-state index contributed by atoms with van der Waals surface area (Å²) >= 11 is 0. The van der Waals surface area contributed by atoms with Crippen LogP contribution in [0.25, 0.3) is 0 Å². The van der Waals surface area contributed by atoms with Crippen LogP contribution in [0.1, 0.15) is 30.0 Å². The van der Waals surface area contributed by atoms with E-state index in [4.69, 9.17) is 0 Å². The van der Waals surface area contributed by atoms with Gasteiger partial charge >= 0.3 is 0 Å². The van der Waals surface area contributed by atoms with Gasteiger partial charge in [0.2, 0.25) is 11.8 Å². The van der Waals surface area contributed by atoms with Gasteiger partial charge in [0.1, 0.15) is 0 Å². The number of aryl methyl sites for hydroxylation is 2. The van der Waals surface area contributed by atoms with Crippen LogP contribution in [0.3, 0.4) is 0 Å². The van der Waals surface area contributed by atoms with Crippen LogP contribution >= 0.6 is 0 Å². The molecule has 0 fully saturated rings. The highest BCUT2D eigenvalue weighted by Crippen LogP contribution is 2.22. The second-order valence-corrected chi connectivity index (χ2v) is 6.45. The number of carbonyl (C=O) groups is 2. The van der Waals surface area contributed by atoms with Gasteiger partial charge in [-0.05, 0) is 36.6 Å². The third-order valence-electron chi connectivity index (χ3n) is 4.27. The Hall–Kier alpha value is -2.62. The molecule has 2 aromatic carbocycles. The maximum Gasteiger partial charge on any atom is 0.224 e. The molecule has 2 rings (SSSR count). The third kappa shape index (κ3) is 5.18. The average Bonchev–Trinajstić information content (AvgIpc) is 2.58. The summed E-state index contributed by atoms with van der Waals surface area (Å²) in [5.74, 6) is -0.0207. The minimum atomic E-state index is -0.0489. The van der Waals surface area contributed by atoms with Gasteiger partial charge in [0.05, 0.1) is 0 Å². The largest absolute Gasteiger partial charge is 0.341 e. The number of hydrogen-bond donors (Lipinski definition) is 0. The fourth-order valence-electron chi connectivity index (χ4n) is 2.80. The zero-order valence-electron chi connectivity index (χ0n) is 15.5. The number of hydrogen-bond acceptors (Lipinski definition) is 2. The Labute approximate surface area is 150 Å². The van der Waals surface area contributed by atoms with Crippen LogP contribution in [0.15, 0.2) is 48.5 Å². The highest BCUT2D eigenvalue weighted by Gasteiger charge is 2.17. The van der Waals surface area contributed by atoms with Crippen LogP contribution in [-0.4, -0.2) is 30.3 Å².